The number of ether oxygens (including phenoxy) is 1. The van der Waals surface area contributed by atoms with Crippen LogP contribution in [0.4, 0.5) is 13.2 Å². The first kappa shape index (κ1) is 12.6. The molecule has 1 aliphatic rings. The van der Waals surface area contributed by atoms with Crippen molar-refractivity contribution in [3.63, 3.8) is 0 Å². The monoisotopic (exact) mass is 257 g/mol. The van der Waals surface area contributed by atoms with Gasteiger partial charge >= 0.3 is 6.18 Å². The summed E-state index contributed by atoms with van der Waals surface area (Å²) >= 11 is 0. The molecule has 6 heteroatoms. The lowest BCUT2D eigenvalue weighted by atomic mass is 10.1. The zero-order valence-electron chi connectivity index (χ0n) is 9.54. The molecule has 96 valence electrons. The van der Waals surface area contributed by atoms with Crippen LogP contribution >= 0.6 is 0 Å². The van der Waals surface area contributed by atoms with Crippen molar-refractivity contribution in [1.29, 1.82) is 0 Å². The number of halogens is 3. The van der Waals surface area contributed by atoms with Crippen LogP contribution in [-0.4, -0.2) is 17.9 Å². The fourth-order valence-electron chi connectivity index (χ4n) is 1.79. The summed E-state index contributed by atoms with van der Waals surface area (Å²) in [6.07, 6.45) is -2.22. The average Bonchev–Trinajstić information content (AvgIpc) is 2.74. The maximum absolute atomic E-state index is 12.6. The van der Waals surface area contributed by atoms with E-state index in [0.717, 1.165) is 13.2 Å². The minimum absolute atomic E-state index is 0.0364. The molecule has 0 amide bonds. The molecule has 1 aliphatic carbocycles. The third-order valence-electron chi connectivity index (χ3n) is 2.66. The van der Waals surface area contributed by atoms with Gasteiger partial charge in [-0.15, -0.1) is 0 Å². The van der Waals surface area contributed by atoms with Crippen LogP contribution in [0.15, 0.2) is 18.2 Å². The van der Waals surface area contributed by atoms with Crippen molar-refractivity contribution in [2.75, 3.05) is 7.11 Å². The molecule has 0 aliphatic heterocycles. The second-order valence-corrected chi connectivity index (χ2v) is 3.89. The number of carbonyl (C=O) groups is 1. The van der Waals surface area contributed by atoms with Gasteiger partial charge in [0.25, 0.3) is 0 Å². The topological polar surface area (TPSA) is 39.2 Å². The molecule has 0 bridgehead atoms. The summed E-state index contributed by atoms with van der Waals surface area (Å²) in [5.74, 6) is -0.508. The first-order chi connectivity index (χ1) is 8.41. The third kappa shape index (κ3) is 2.37. The molecule has 0 spiro atoms. The molecule has 0 fully saturated rings. The lowest BCUT2D eigenvalue weighted by molar-refractivity contribution is -0.139. The highest BCUT2D eigenvalue weighted by molar-refractivity contribution is 6.01. The summed E-state index contributed by atoms with van der Waals surface area (Å²) in [5.41, 5.74) is 0.0800. The minimum atomic E-state index is -4.50. The van der Waals surface area contributed by atoms with Crippen molar-refractivity contribution in [2.24, 2.45) is 0 Å². The Hall–Kier alpha value is -1.85. The Bertz CT molecular complexity index is 521. The quantitative estimate of drug-likeness (QED) is 0.817. The van der Waals surface area contributed by atoms with Gasteiger partial charge in [0.05, 0.1) is 12.8 Å². The van der Waals surface area contributed by atoms with E-state index in [9.17, 15) is 18.0 Å². The van der Waals surface area contributed by atoms with Crippen molar-refractivity contribution < 1.29 is 22.7 Å². The van der Waals surface area contributed by atoms with Gasteiger partial charge in [-0.25, -0.2) is 4.98 Å². The van der Waals surface area contributed by atoms with Gasteiger partial charge in [-0.3, -0.25) is 4.79 Å². The zero-order chi connectivity index (χ0) is 13.3. The van der Waals surface area contributed by atoms with Crippen LogP contribution in [0.2, 0.25) is 0 Å². The number of nitrogens with zero attached hydrogens (tertiary/aromatic N) is 1. The fraction of sp³-hybridized carbons (Fsp3) is 0.333. The van der Waals surface area contributed by atoms with Gasteiger partial charge < -0.3 is 4.74 Å². The summed E-state index contributed by atoms with van der Waals surface area (Å²) in [4.78, 5) is 14.9. The average molecular weight is 257 g/mol. The van der Waals surface area contributed by atoms with E-state index < -0.39 is 17.6 Å². The second kappa shape index (κ2) is 4.44. The number of rotatable bonds is 2. The van der Waals surface area contributed by atoms with E-state index in [0.29, 0.717) is 24.1 Å². The van der Waals surface area contributed by atoms with Crippen molar-refractivity contribution in [3.05, 3.63) is 29.5 Å². The molecule has 3 nitrogen and oxygen atoms in total. The first-order valence-corrected chi connectivity index (χ1v) is 5.28. The predicted octanol–water partition coefficient (Wildman–Crippen LogP) is 2.86. The van der Waals surface area contributed by atoms with Crippen LogP contribution in [-0.2, 0) is 11.0 Å². The number of hydrogen-bond acceptors (Lipinski definition) is 3. The SMILES string of the molecule is COc1nc(C2=CC(=O)CC2)ccc1C(F)(F)F. The molecule has 0 aromatic carbocycles. The Morgan fingerprint density at radius 1 is 1.28 bits per heavy atom. The number of alkyl halides is 3. The van der Waals surface area contributed by atoms with Crippen molar-refractivity contribution >= 4 is 11.4 Å². The molecular formula is C12H10F3NO2. The van der Waals surface area contributed by atoms with E-state index in [-0.39, 0.29) is 5.78 Å². The summed E-state index contributed by atoms with van der Waals surface area (Å²) in [7, 11) is 1.13. The molecule has 1 aromatic rings. The number of ketones is 1. The highest BCUT2D eigenvalue weighted by atomic mass is 19.4. The van der Waals surface area contributed by atoms with Gasteiger partial charge in [0.2, 0.25) is 5.88 Å². The maximum Gasteiger partial charge on any atom is 0.421 e. The van der Waals surface area contributed by atoms with E-state index in [1.165, 1.54) is 12.1 Å². The van der Waals surface area contributed by atoms with E-state index >= 15 is 0 Å². The highest BCUT2D eigenvalue weighted by Gasteiger charge is 2.35. The van der Waals surface area contributed by atoms with Crippen LogP contribution < -0.4 is 4.74 Å². The Morgan fingerprint density at radius 3 is 2.50 bits per heavy atom. The highest BCUT2D eigenvalue weighted by Crippen LogP contribution is 2.36. The number of methoxy groups -OCH3 is 1. The largest absolute Gasteiger partial charge is 0.481 e. The van der Waals surface area contributed by atoms with Gasteiger partial charge in [0, 0.05) is 6.42 Å². The fourth-order valence-corrected chi connectivity index (χ4v) is 1.79. The van der Waals surface area contributed by atoms with E-state index in [2.05, 4.69) is 9.72 Å². The Morgan fingerprint density at radius 2 is 2.00 bits per heavy atom. The Balaban J connectivity index is 2.42. The van der Waals surface area contributed by atoms with Crippen LogP contribution in [0.25, 0.3) is 5.57 Å². The smallest absolute Gasteiger partial charge is 0.421 e. The molecule has 0 saturated heterocycles. The van der Waals surface area contributed by atoms with Gasteiger partial charge in [-0.1, -0.05) is 0 Å². The molecule has 0 unspecified atom stereocenters. The summed E-state index contributed by atoms with van der Waals surface area (Å²) in [6.45, 7) is 0. The Labute approximate surface area is 101 Å². The van der Waals surface area contributed by atoms with Gasteiger partial charge in [0.1, 0.15) is 5.56 Å². The molecule has 2 rings (SSSR count). The van der Waals surface area contributed by atoms with Crippen molar-refractivity contribution in [2.45, 2.75) is 19.0 Å². The number of aromatic nitrogens is 1. The van der Waals surface area contributed by atoms with E-state index in [1.54, 1.807) is 0 Å². The normalized spacial score (nSPS) is 15.8. The standard InChI is InChI=1S/C12H10F3NO2/c1-18-11-9(12(13,14)15)4-5-10(16-11)7-2-3-8(17)6-7/h4-6H,2-3H2,1H3. The lowest BCUT2D eigenvalue weighted by Crippen LogP contribution is -2.09. The number of pyridine rings is 1. The third-order valence-corrected chi connectivity index (χ3v) is 2.66. The van der Waals surface area contributed by atoms with Crippen LogP contribution in [0, 0.1) is 0 Å². The molecule has 0 atom stereocenters. The van der Waals surface area contributed by atoms with Crippen LogP contribution in [0.3, 0.4) is 0 Å². The van der Waals surface area contributed by atoms with E-state index in [1.807, 2.05) is 0 Å². The summed E-state index contributed by atoms with van der Waals surface area (Å²) in [6, 6.07) is 2.18. The first-order valence-electron chi connectivity index (χ1n) is 5.28. The van der Waals surface area contributed by atoms with Gasteiger partial charge in [-0.05, 0) is 30.2 Å². The molecule has 0 saturated carbocycles. The summed E-state index contributed by atoms with van der Waals surface area (Å²) < 4.78 is 42.5. The molecule has 18 heavy (non-hydrogen) atoms. The number of carbonyl (C=O) groups excluding carboxylic acids is 1. The lowest BCUT2D eigenvalue weighted by Gasteiger charge is -2.12. The van der Waals surface area contributed by atoms with Gasteiger partial charge in [0.15, 0.2) is 5.78 Å². The second-order valence-electron chi connectivity index (χ2n) is 3.89. The molecular weight excluding hydrogens is 247 g/mol. The van der Waals surface area contributed by atoms with Gasteiger partial charge in [-0.2, -0.15) is 13.2 Å². The number of allylic oxidation sites excluding steroid dienone is 2. The summed E-state index contributed by atoms with van der Waals surface area (Å²) in [5, 5.41) is 0. The molecule has 1 heterocycles. The molecule has 1 aromatic heterocycles. The Kier molecular flexibility index (Phi) is 3.11. The zero-order valence-corrected chi connectivity index (χ0v) is 9.54. The van der Waals surface area contributed by atoms with Crippen LogP contribution in [0.1, 0.15) is 24.1 Å². The van der Waals surface area contributed by atoms with Crippen molar-refractivity contribution in [1.82, 2.24) is 4.98 Å². The van der Waals surface area contributed by atoms with Crippen molar-refractivity contribution in [3.8, 4) is 5.88 Å². The predicted molar refractivity (Wildman–Crippen MR) is 58.0 cm³/mol. The number of hydrogen-bond donors (Lipinski definition) is 0. The molecule has 0 radical (unpaired) electrons. The molecule has 0 N–H and O–H groups in total. The maximum atomic E-state index is 12.6. The van der Waals surface area contributed by atoms with E-state index in [4.69, 9.17) is 0 Å². The van der Waals surface area contributed by atoms with Crippen LogP contribution in [0.5, 0.6) is 5.88 Å². The minimum Gasteiger partial charge on any atom is -0.481 e.